The van der Waals surface area contributed by atoms with Crippen LogP contribution < -0.4 is 10.5 Å². The molecule has 3 nitrogen and oxygen atoms in total. The van der Waals surface area contributed by atoms with Crippen molar-refractivity contribution in [1.29, 1.82) is 5.26 Å². The summed E-state index contributed by atoms with van der Waals surface area (Å²) >= 11 is 0. The van der Waals surface area contributed by atoms with Crippen LogP contribution >= 0.6 is 0 Å². The lowest BCUT2D eigenvalue weighted by Crippen LogP contribution is -2.01. The van der Waals surface area contributed by atoms with Crippen LogP contribution in [-0.2, 0) is 6.61 Å². The largest absolute Gasteiger partial charge is 0.489 e. The summed E-state index contributed by atoms with van der Waals surface area (Å²) < 4.78 is 19.4. The Morgan fingerprint density at radius 1 is 1.32 bits per heavy atom. The maximum Gasteiger partial charge on any atom is 0.147 e. The van der Waals surface area contributed by atoms with E-state index in [-0.39, 0.29) is 12.2 Å². The highest BCUT2D eigenvalue weighted by atomic mass is 19.1. The number of nitriles is 1. The smallest absolute Gasteiger partial charge is 0.147 e. The van der Waals surface area contributed by atoms with Gasteiger partial charge in [0.1, 0.15) is 24.2 Å². The van der Waals surface area contributed by atoms with Gasteiger partial charge in [0.25, 0.3) is 0 Å². The maximum absolute atomic E-state index is 13.8. The number of aryl methyl sites for hydroxylation is 1. The van der Waals surface area contributed by atoms with E-state index in [0.717, 1.165) is 5.56 Å². The van der Waals surface area contributed by atoms with Crippen LogP contribution in [0.15, 0.2) is 36.4 Å². The predicted octanol–water partition coefficient (Wildman–Crippen LogP) is 3.17. The van der Waals surface area contributed by atoms with E-state index in [1.54, 1.807) is 36.4 Å². The number of anilines is 1. The third-order valence-electron chi connectivity index (χ3n) is 2.78. The van der Waals surface area contributed by atoms with Crippen molar-refractivity contribution in [2.75, 3.05) is 5.73 Å². The van der Waals surface area contributed by atoms with Gasteiger partial charge in [0.15, 0.2) is 0 Å². The fourth-order valence-corrected chi connectivity index (χ4v) is 1.77. The third-order valence-corrected chi connectivity index (χ3v) is 2.78. The highest BCUT2D eigenvalue weighted by Crippen LogP contribution is 2.22. The number of nitrogens with zero attached hydrogens (tertiary/aromatic N) is 1. The number of hydrogen-bond acceptors (Lipinski definition) is 3. The summed E-state index contributed by atoms with van der Waals surface area (Å²) in [5, 5.41) is 8.76. The molecule has 0 saturated heterocycles. The Morgan fingerprint density at radius 3 is 2.79 bits per heavy atom. The molecule has 0 aliphatic heterocycles. The molecule has 0 aliphatic rings. The van der Waals surface area contributed by atoms with Crippen molar-refractivity contribution >= 4 is 5.69 Å². The number of nitrogen functional groups attached to an aromatic ring is 1. The van der Waals surface area contributed by atoms with Crippen molar-refractivity contribution in [3.63, 3.8) is 0 Å². The highest BCUT2D eigenvalue weighted by molar-refractivity contribution is 5.47. The summed E-state index contributed by atoms with van der Waals surface area (Å²) in [6.45, 7) is 1.94. The third kappa shape index (κ3) is 2.83. The van der Waals surface area contributed by atoms with Crippen molar-refractivity contribution in [2.45, 2.75) is 13.5 Å². The first-order chi connectivity index (χ1) is 9.11. The molecule has 0 unspecified atom stereocenters. The number of benzene rings is 2. The van der Waals surface area contributed by atoms with E-state index in [0.29, 0.717) is 17.0 Å². The molecule has 2 N–H and O–H groups in total. The minimum Gasteiger partial charge on any atom is -0.489 e. The molecule has 0 radical (unpaired) electrons. The minimum absolute atomic E-state index is 0.0233. The van der Waals surface area contributed by atoms with Crippen molar-refractivity contribution in [1.82, 2.24) is 0 Å². The van der Waals surface area contributed by atoms with E-state index in [4.69, 9.17) is 15.7 Å². The van der Waals surface area contributed by atoms with E-state index in [2.05, 4.69) is 0 Å². The second-order valence-electron chi connectivity index (χ2n) is 4.20. The quantitative estimate of drug-likeness (QED) is 0.858. The van der Waals surface area contributed by atoms with Crippen LogP contribution in [0.1, 0.15) is 16.7 Å². The summed E-state index contributed by atoms with van der Waals surface area (Å²) in [7, 11) is 0. The normalized spacial score (nSPS) is 9.95. The first-order valence-electron chi connectivity index (χ1n) is 5.78. The van der Waals surface area contributed by atoms with Crippen LogP contribution in [0.4, 0.5) is 10.1 Å². The zero-order valence-electron chi connectivity index (χ0n) is 10.5. The van der Waals surface area contributed by atoms with E-state index >= 15 is 0 Å². The number of rotatable bonds is 3. The van der Waals surface area contributed by atoms with Gasteiger partial charge in [-0.1, -0.05) is 12.1 Å². The van der Waals surface area contributed by atoms with Gasteiger partial charge in [-0.15, -0.1) is 0 Å². The Balaban J connectivity index is 2.17. The number of halogens is 1. The molecule has 19 heavy (non-hydrogen) atoms. The van der Waals surface area contributed by atoms with Gasteiger partial charge in [-0.2, -0.15) is 5.26 Å². The molecule has 2 aromatic rings. The number of nitrogens with two attached hydrogens (primary N) is 1. The average molecular weight is 256 g/mol. The van der Waals surface area contributed by atoms with Gasteiger partial charge >= 0.3 is 0 Å². The summed E-state index contributed by atoms with van der Waals surface area (Å²) in [6.07, 6.45) is 0. The molecule has 96 valence electrons. The van der Waals surface area contributed by atoms with E-state index in [9.17, 15) is 4.39 Å². The number of ether oxygens (including phenoxy) is 1. The molecule has 0 amide bonds. The molecule has 0 heterocycles. The van der Waals surface area contributed by atoms with Crippen LogP contribution in [0, 0.1) is 24.1 Å². The van der Waals surface area contributed by atoms with Gasteiger partial charge in [-0.25, -0.2) is 4.39 Å². The fourth-order valence-electron chi connectivity index (χ4n) is 1.77. The molecule has 0 fully saturated rings. The zero-order chi connectivity index (χ0) is 13.8. The van der Waals surface area contributed by atoms with Crippen LogP contribution in [0.5, 0.6) is 5.75 Å². The Bertz CT molecular complexity index is 647. The molecular formula is C15H13FN2O. The topological polar surface area (TPSA) is 59.0 Å². The first kappa shape index (κ1) is 12.9. The van der Waals surface area contributed by atoms with Gasteiger partial charge < -0.3 is 10.5 Å². The standard InChI is InChI=1S/C15H13FN2O/c1-10-7-13(18)5-6-14(10)19-9-12-4-2-3-11(8-17)15(12)16/h2-7H,9,18H2,1H3. The van der Waals surface area contributed by atoms with Crippen molar-refractivity contribution in [3.8, 4) is 11.8 Å². The van der Waals surface area contributed by atoms with Crippen molar-refractivity contribution < 1.29 is 9.13 Å². The Labute approximate surface area is 111 Å². The first-order valence-corrected chi connectivity index (χ1v) is 5.78. The molecule has 0 aromatic heterocycles. The van der Waals surface area contributed by atoms with Gasteiger partial charge in [-0.05, 0) is 36.8 Å². The summed E-state index contributed by atoms with van der Waals surface area (Å²) in [6, 6.07) is 11.7. The van der Waals surface area contributed by atoms with Gasteiger partial charge in [0.2, 0.25) is 0 Å². The molecule has 0 aliphatic carbocycles. The lowest BCUT2D eigenvalue weighted by atomic mass is 10.1. The fraction of sp³-hybridized carbons (Fsp3) is 0.133. The Morgan fingerprint density at radius 2 is 2.11 bits per heavy atom. The summed E-state index contributed by atoms with van der Waals surface area (Å²) in [5.41, 5.74) is 7.57. The molecule has 2 aromatic carbocycles. The van der Waals surface area contributed by atoms with E-state index in [1.807, 2.05) is 6.92 Å². The molecule has 0 bridgehead atoms. The van der Waals surface area contributed by atoms with Gasteiger partial charge in [0.05, 0.1) is 5.56 Å². The second-order valence-corrected chi connectivity index (χ2v) is 4.20. The van der Waals surface area contributed by atoms with E-state index < -0.39 is 5.82 Å². The van der Waals surface area contributed by atoms with Gasteiger partial charge in [0, 0.05) is 11.3 Å². The molecule has 0 atom stereocenters. The van der Waals surface area contributed by atoms with Crippen molar-refractivity contribution in [3.05, 3.63) is 58.9 Å². The highest BCUT2D eigenvalue weighted by Gasteiger charge is 2.08. The average Bonchev–Trinajstić information content (AvgIpc) is 2.39. The van der Waals surface area contributed by atoms with Crippen LogP contribution in [0.2, 0.25) is 0 Å². The van der Waals surface area contributed by atoms with Crippen LogP contribution in [-0.4, -0.2) is 0 Å². The van der Waals surface area contributed by atoms with Gasteiger partial charge in [-0.3, -0.25) is 0 Å². The molecule has 0 spiro atoms. The van der Waals surface area contributed by atoms with Crippen molar-refractivity contribution in [2.24, 2.45) is 0 Å². The Hall–Kier alpha value is -2.54. The summed E-state index contributed by atoms with van der Waals surface area (Å²) in [5.74, 6) is 0.119. The molecular weight excluding hydrogens is 243 g/mol. The molecule has 2 rings (SSSR count). The minimum atomic E-state index is -0.530. The van der Waals surface area contributed by atoms with Crippen LogP contribution in [0.3, 0.4) is 0 Å². The lowest BCUT2D eigenvalue weighted by Gasteiger charge is -2.10. The SMILES string of the molecule is Cc1cc(N)ccc1OCc1cccc(C#N)c1F. The Kier molecular flexibility index (Phi) is 3.67. The monoisotopic (exact) mass is 256 g/mol. The molecule has 0 saturated carbocycles. The summed E-state index contributed by atoms with van der Waals surface area (Å²) in [4.78, 5) is 0. The predicted molar refractivity (Wildman–Crippen MR) is 71.0 cm³/mol. The lowest BCUT2D eigenvalue weighted by molar-refractivity contribution is 0.298. The zero-order valence-corrected chi connectivity index (χ0v) is 10.5. The number of hydrogen-bond donors (Lipinski definition) is 1. The maximum atomic E-state index is 13.8. The second kappa shape index (κ2) is 5.40. The van der Waals surface area contributed by atoms with E-state index in [1.165, 1.54) is 6.07 Å². The molecule has 4 heteroatoms. The van der Waals surface area contributed by atoms with Crippen LogP contribution in [0.25, 0.3) is 0 Å².